The topological polar surface area (TPSA) is 423 Å². The van der Waals surface area contributed by atoms with Crippen LogP contribution >= 0.6 is 0 Å². The maximum atomic E-state index is 14.0. The zero-order valence-electron chi connectivity index (χ0n) is 37.7. The third-order valence-corrected chi connectivity index (χ3v) is 10.4. The Hall–Kier alpha value is -6.89. The van der Waals surface area contributed by atoms with Crippen molar-refractivity contribution in [3.63, 3.8) is 0 Å². The van der Waals surface area contributed by atoms with E-state index >= 15 is 0 Å². The maximum Gasteiger partial charge on any atom is 0.326 e. The maximum absolute atomic E-state index is 14.0. The van der Waals surface area contributed by atoms with Crippen LogP contribution in [0.25, 0.3) is 0 Å². The van der Waals surface area contributed by atoms with Crippen LogP contribution in [0.1, 0.15) is 83.6 Å². The highest BCUT2D eigenvalue weighted by atomic mass is 16.4. The van der Waals surface area contributed by atoms with E-state index in [2.05, 4.69) is 36.9 Å². The molecule has 1 aliphatic heterocycles. The minimum Gasteiger partial charge on any atom is -0.481 e. The molecule has 0 radical (unpaired) electrons. The summed E-state index contributed by atoms with van der Waals surface area (Å²) in [7, 11) is 0. The van der Waals surface area contributed by atoms with Crippen LogP contribution in [0.5, 0.6) is 0 Å². The molecular weight excluding hydrogens is 881 g/mol. The molecule has 0 saturated carbocycles. The van der Waals surface area contributed by atoms with Gasteiger partial charge in [0.1, 0.15) is 36.3 Å². The van der Waals surface area contributed by atoms with Crippen molar-refractivity contribution in [2.75, 3.05) is 26.2 Å². The number of nitrogens with zero attached hydrogens (tertiary/aromatic N) is 2. The number of unbranched alkanes of at least 4 members (excludes halogenated alkanes) is 1. The van der Waals surface area contributed by atoms with Crippen molar-refractivity contribution in [3.8, 4) is 0 Å². The summed E-state index contributed by atoms with van der Waals surface area (Å²) in [4.78, 5) is 134. The van der Waals surface area contributed by atoms with E-state index in [1.807, 2.05) is 0 Å². The number of carbonyl (C=O) groups is 10. The Morgan fingerprint density at radius 3 is 1.85 bits per heavy atom. The number of aliphatic carboxylic acids is 3. The van der Waals surface area contributed by atoms with Gasteiger partial charge in [-0.25, -0.2) is 4.79 Å². The first-order chi connectivity index (χ1) is 31.6. The second-order valence-electron chi connectivity index (χ2n) is 16.5. The van der Waals surface area contributed by atoms with Crippen molar-refractivity contribution >= 4 is 65.2 Å². The predicted molar refractivity (Wildman–Crippen MR) is 240 cm³/mol. The second kappa shape index (κ2) is 28.9. The van der Waals surface area contributed by atoms with Gasteiger partial charge in [-0.3, -0.25) is 48.1 Å². The van der Waals surface area contributed by atoms with Crippen molar-refractivity contribution in [3.05, 3.63) is 35.9 Å². The molecule has 0 unspecified atom stereocenters. The van der Waals surface area contributed by atoms with Gasteiger partial charge in [0.15, 0.2) is 5.96 Å². The Morgan fingerprint density at radius 2 is 1.28 bits per heavy atom. The quantitative estimate of drug-likeness (QED) is 0.0201. The third-order valence-electron chi connectivity index (χ3n) is 10.4. The highest BCUT2D eigenvalue weighted by Crippen LogP contribution is 2.18. The van der Waals surface area contributed by atoms with Crippen LogP contribution in [0.2, 0.25) is 0 Å². The van der Waals surface area contributed by atoms with Gasteiger partial charge in [-0.1, -0.05) is 44.2 Å². The molecule has 25 heteroatoms. The standard InChI is InChI=1S/C42H66N12O13/c1-23(2)18-30(41(66)67)53-38(63)27(13-8-16-47-42(45)46)50-39(64)28(19-24-10-4-3-5-11-24)52-40(65)31-14-9-17-54(31)32(55)22-48-36(61)29(21-34(58)59)51-37(62)26(12-6-7-15-43)49-35(60)25(44)20-33(56)57/h3-5,10-11,23,25-31H,6-9,12-22,43-44H2,1-2H3,(H,48,61)(H,49,60)(H,50,64)(H,51,62)(H,52,65)(H,53,63)(H,56,57)(H,58,59)(H,66,67)(H4,45,46,47)/t25-,26-,27-,28-,29-,30-,31-/m0/s1. The van der Waals surface area contributed by atoms with E-state index in [1.165, 1.54) is 4.90 Å². The summed E-state index contributed by atoms with van der Waals surface area (Å²) < 4.78 is 0. The molecular formula is C42H66N12O13. The summed E-state index contributed by atoms with van der Waals surface area (Å²) in [5.74, 6) is -10.6. The highest BCUT2D eigenvalue weighted by molar-refractivity contribution is 5.98. The number of carboxylic acid groups (broad SMARTS) is 3. The Morgan fingerprint density at radius 1 is 0.716 bits per heavy atom. The number of amides is 7. The molecule has 1 aliphatic rings. The molecule has 0 spiro atoms. The first-order valence-electron chi connectivity index (χ1n) is 21.9. The van der Waals surface area contributed by atoms with Crippen molar-refractivity contribution in [1.82, 2.24) is 36.8 Å². The lowest BCUT2D eigenvalue weighted by molar-refractivity contribution is -0.143. The smallest absolute Gasteiger partial charge is 0.326 e. The average molecular weight is 947 g/mol. The Bertz CT molecular complexity index is 1910. The number of hydrogen-bond donors (Lipinski definition) is 13. The number of carboxylic acids is 3. The minimum absolute atomic E-state index is 0.0166. The van der Waals surface area contributed by atoms with Crippen LogP contribution in [0.15, 0.2) is 35.3 Å². The molecule has 7 amide bonds. The molecule has 2 rings (SSSR count). The number of guanidine groups is 1. The second-order valence-corrected chi connectivity index (χ2v) is 16.5. The molecule has 1 aromatic carbocycles. The van der Waals surface area contributed by atoms with Crippen molar-refractivity contribution < 1.29 is 63.3 Å². The number of benzene rings is 1. The Kier molecular flexibility index (Phi) is 24.3. The van der Waals surface area contributed by atoms with E-state index < -0.39 is 121 Å². The zero-order chi connectivity index (χ0) is 50.2. The van der Waals surface area contributed by atoms with Crippen molar-refractivity contribution in [1.29, 1.82) is 0 Å². The van der Waals surface area contributed by atoms with Gasteiger partial charge < -0.3 is 75.1 Å². The van der Waals surface area contributed by atoms with Crippen LogP contribution in [0, 0.1) is 5.92 Å². The number of likely N-dealkylation sites (tertiary alicyclic amines) is 1. The number of nitrogens with two attached hydrogens (primary N) is 4. The lowest BCUT2D eigenvalue weighted by atomic mass is 10.0. The fourth-order valence-electron chi connectivity index (χ4n) is 7.04. The molecule has 1 saturated heterocycles. The summed E-state index contributed by atoms with van der Waals surface area (Å²) in [6.07, 6.45) is -0.254. The Balaban J connectivity index is 2.27. The van der Waals surface area contributed by atoms with Gasteiger partial charge in [0.25, 0.3) is 0 Å². The normalized spacial score (nSPS) is 15.9. The molecule has 67 heavy (non-hydrogen) atoms. The molecule has 0 aromatic heterocycles. The molecule has 25 nitrogen and oxygen atoms in total. The van der Waals surface area contributed by atoms with Gasteiger partial charge in [0.2, 0.25) is 41.4 Å². The summed E-state index contributed by atoms with van der Waals surface area (Å²) >= 11 is 0. The average Bonchev–Trinajstić information content (AvgIpc) is 3.75. The summed E-state index contributed by atoms with van der Waals surface area (Å²) in [5.41, 5.74) is 22.7. The van der Waals surface area contributed by atoms with Gasteiger partial charge >= 0.3 is 17.9 Å². The molecule has 1 fully saturated rings. The van der Waals surface area contributed by atoms with E-state index in [9.17, 15) is 58.2 Å². The molecule has 0 bridgehead atoms. The lowest BCUT2D eigenvalue weighted by Crippen LogP contribution is -2.58. The summed E-state index contributed by atoms with van der Waals surface area (Å²) in [5, 5.41) is 43.0. The molecule has 372 valence electrons. The van der Waals surface area contributed by atoms with E-state index in [0.717, 1.165) is 0 Å². The molecule has 1 aromatic rings. The zero-order valence-corrected chi connectivity index (χ0v) is 37.7. The van der Waals surface area contributed by atoms with Gasteiger partial charge in [0, 0.05) is 19.5 Å². The summed E-state index contributed by atoms with van der Waals surface area (Å²) in [6, 6.07) is -1.04. The van der Waals surface area contributed by atoms with E-state index in [-0.39, 0.29) is 70.0 Å². The molecule has 1 heterocycles. The van der Waals surface area contributed by atoms with Gasteiger partial charge in [0.05, 0.1) is 25.4 Å². The first kappa shape index (κ1) is 56.2. The largest absolute Gasteiger partial charge is 0.481 e. The first-order valence-corrected chi connectivity index (χ1v) is 21.9. The van der Waals surface area contributed by atoms with Crippen LogP contribution in [0.3, 0.4) is 0 Å². The predicted octanol–water partition coefficient (Wildman–Crippen LogP) is -3.65. The number of carbonyl (C=O) groups excluding carboxylic acids is 7. The summed E-state index contributed by atoms with van der Waals surface area (Å²) in [6.45, 7) is 3.21. The van der Waals surface area contributed by atoms with Gasteiger partial charge in [-0.2, -0.15) is 0 Å². The van der Waals surface area contributed by atoms with Gasteiger partial charge in [-0.05, 0) is 69.4 Å². The monoisotopic (exact) mass is 946 g/mol. The SMILES string of the molecule is CC(C)C[C@H](NC(=O)[C@H](CCCN=C(N)N)NC(=O)[C@H](Cc1ccccc1)NC(=O)[C@@H]1CCCN1C(=O)CNC(=O)[C@H](CC(=O)O)NC(=O)[C@H](CCCCN)NC(=O)[C@@H](N)CC(=O)O)C(=O)O. The van der Waals surface area contributed by atoms with Crippen LogP contribution < -0.4 is 54.8 Å². The molecule has 7 atom stereocenters. The van der Waals surface area contributed by atoms with E-state index in [1.54, 1.807) is 44.2 Å². The highest BCUT2D eigenvalue weighted by Gasteiger charge is 2.38. The molecule has 0 aliphatic carbocycles. The lowest BCUT2D eigenvalue weighted by Gasteiger charge is -2.28. The number of hydrogen-bond acceptors (Lipinski definition) is 13. The number of aliphatic imine (C=N–C) groups is 1. The number of rotatable bonds is 30. The fraction of sp³-hybridized carbons (Fsp3) is 0.595. The van der Waals surface area contributed by atoms with Crippen LogP contribution in [0.4, 0.5) is 0 Å². The third kappa shape index (κ3) is 20.9. The van der Waals surface area contributed by atoms with Crippen molar-refractivity contribution in [2.24, 2.45) is 33.8 Å². The van der Waals surface area contributed by atoms with Gasteiger partial charge in [-0.15, -0.1) is 0 Å². The molecule has 17 N–H and O–H groups in total. The fourth-order valence-corrected chi connectivity index (χ4v) is 7.04. The van der Waals surface area contributed by atoms with Crippen molar-refractivity contribution in [2.45, 2.75) is 127 Å². The van der Waals surface area contributed by atoms with Crippen LogP contribution in [-0.4, -0.2) is 154 Å². The van der Waals surface area contributed by atoms with Crippen LogP contribution in [-0.2, 0) is 54.4 Å². The van der Waals surface area contributed by atoms with E-state index in [4.69, 9.17) is 28.0 Å². The van der Waals surface area contributed by atoms with E-state index in [0.29, 0.717) is 24.8 Å². The number of nitrogens with one attached hydrogen (secondary N) is 6. The minimum atomic E-state index is -1.75. The Labute approximate surface area is 387 Å².